The van der Waals surface area contributed by atoms with Gasteiger partial charge in [-0.1, -0.05) is 30.3 Å². The van der Waals surface area contributed by atoms with Gasteiger partial charge in [-0.3, -0.25) is 0 Å². The molecule has 0 saturated heterocycles. The van der Waals surface area contributed by atoms with Gasteiger partial charge in [0.25, 0.3) is 0 Å². The van der Waals surface area contributed by atoms with Gasteiger partial charge in [0.1, 0.15) is 0 Å². The van der Waals surface area contributed by atoms with Gasteiger partial charge in [-0.15, -0.1) is 5.10 Å². The number of aromatic nitrogens is 3. The number of para-hydroxylation sites is 1. The first-order chi connectivity index (χ1) is 8.85. The van der Waals surface area contributed by atoms with E-state index in [2.05, 4.69) is 22.6 Å². The van der Waals surface area contributed by atoms with Gasteiger partial charge in [0.15, 0.2) is 0 Å². The Labute approximate surface area is 107 Å². The van der Waals surface area contributed by atoms with Crippen molar-refractivity contribution in [3.8, 4) is 5.69 Å². The third-order valence-corrected chi connectivity index (χ3v) is 2.64. The Kier molecular flexibility index (Phi) is 4.44. The molecule has 96 valence electrons. The molecule has 0 atom stereocenters. The van der Waals surface area contributed by atoms with E-state index in [0.717, 1.165) is 30.0 Å². The number of benzene rings is 1. The van der Waals surface area contributed by atoms with Gasteiger partial charge in [-0.2, -0.15) is 0 Å². The van der Waals surface area contributed by atoms with Crippen LogP contribution in [0.2, 0.25) is 0 Å². The summed E-state index contributed by atoms with van der Waals surface area (Å²) in [6, 6.07) is 8.03. The molecule has 18 heavy (non-hydrogen) atoms. The molecule has 0 radical (unpaired) electrons. The zero-order valence-electron chi connectivity index (χ0n) is 10.8. The zero-order chi connectivity index (χ0) is 12.8. The monoisotopic (exact) mass is 246 g/mol. The van der Waals surface area contributed by atoms with Crippen LogP contribution < -0.4 is 5.32 Å². The number of nitrogens with zero attached hydrogens (tertiary/aromatic N) is 3. The summed E-state index contributed by atoms with van der Waals surface area (Å²) < 4.78 is 6.98. The Bertz CT molecular complexity index is 495. The van der Waals surface area contributed by atoms with E-state index in [0.29, 0.717) is 6.61 Å². The van der Waals surface area contributed by atoms with Crippen LogP contribution >= 0.6 is 0 Å². The molecule has 5 heteroatoms. The molecule has 2 rings (SSSR count). The average Bonchev–Trinajstić information content (AvgIpc) is 2.86. The highest BCUT2D eigenvalue weighted by atomic mass is 16.5. The van der Waals surface area contributed by atoms with E-state index < -0.39 is 0 Å². The molecule has 1 N–H and O–H groups in total. The quantitative estimate of drug-likeness (QED) is 0.839. The second-order valence-corrected chi connectivity index (χ2v) is 4.00. The molecule has 0 bridgehead atoms. The Balaban J connectivity index is 2.22. The van der Waals surface area contributed by atoms with E-state index in [1.807, 2.05) is 30.5 Å². The van der Waals surface area contributed by atoms with Crippen molar-refractivity contribution in [3.63, 3.8) is 0 Å². The first-order valence-electron chi connectivity index (χ1n) is 6.04. The standard InChI is InChI=1S/C13H18N4O/c1-3-14-8-12-9-17(16-15-12)13-7-5-4-6-11(13)10-18-2/h4-7,9,14H,3,8,10H2,1-2H3. The normalized spacial score (nSPS) is 10.8. The van der Waals surface area contributed by atoms with Crippen molar-refractivity contribution < 1.29 is 4.74 Å². The first-order valence-corrected chi connectivity index (χ1v) is 6.04. The largest absolute Gasteiger partial charge is 0.380 e. The number of methoxy groups -OCH3 is 1. The smallest absolute Gasteiger partial charge is 0.0969 e. The fraction of sp³-hybridized carbons (Fsp3) is 0.385. The summed E-state index contributed by atoms with van der Waals surface area (Å²) in [5, 5.41) is 11.5. The molecular formula is C13H18N4O. The molecule has 1 heterocycles. The molecule has 0 saturated carbocycles. The number of rotatable bonds is 6. The zero-order valence-corrected chi connectivity index (χ0v) is 10.8. The minimum Gasteiger partial charge on any atom is -0.380 e. The lowest BCUT2D eigenvalue weighted by Crippen LogP contribution is -2.11. The Hall–Kier alpha value is -1.72. The highest BCUT2D eigenvalue weighted by Crippen LogP contribution is 2.14. The maximum atomic E-state index is 5.19. The third-order valence-electron chi connectivity index (χ3n) is 2.64. The van der Waals surface area contributed by atoms with E-state index in [4.69, 9.17) is 4.74 Å². The molecule has 0 aliphatic heterocycles. The predicted molar refractivity (Wildman–Crippen MR) is 69.5 cm³/mol. The molecule has 2 aromatic rings. The second-order valence-electron chi connectivity index (χ2n) is 4.00. The van der Waals surface area contributed by atoms with Crippen LogP contribution in [-0.2, 0) is 17.9 Å². The summed E-state index contributed by atoms with van der Waals surface area (Å²) in [6.45, 7) is 4.30. The van der Waals surface area contributed by atoms with Crippen molar-refractivity contribution in [1.29, 1.82) is 0 Å². The summed E-state index contributed by atoms with van der Waals surface area (Å²) in [5.74, 6) is 0. The topological polar surface area (TPSA) is 52.0 Å². The lowest BCUT2D eigenvalue weighted by atomic mass is 10.2. The fourth-order valence-corrected chi connectivity index (χ4v) is 1.76. The van der Waals surface area contributed by atoms with Crippen molar-refractivity contribution in [1.82, 2.24) is 20.3 Å². The Morgan fingerprint density at radius 2 is 2.17 bits per heavy atom. The summed E-state index contributed by atoms with van der Waals surface area (Å²) in [5.41, 5.74) is 3.04. The highest BCUT2D eigenvalue weighted by Gasteiger charge is 2.06. The lowest BCUT2D eigenvalue weighted by Gasteiger charge is -2.07. The minimum atomic E-state index is 0.568. The number of ether oxygens (including phenoxy) is 1. The van der Waals surface area contributed by atoms with Crippen LogP contribution in [0.1, 0.15) is 18.2 Å². The van der Waals surface area contributed by atoms with Gasteiger partial charge >= 0.3 is 0 Å². The summed E-state index contributed by atoms with van der Waals surface area (Å²) in [6.07, 6.45) is 1.94. The molecule has 0 spiro atoms. The average molecular weight is 246 g/mol. The summed E-state index contributed by atoms with van der Waals surface area (Å²) in [4.78, 5) is 0. The number of hydrogen-bond acceptors (Lipinski definition) is 4. The van der Waals surface area contributed by atoms with E-state index in [-0.39, 0.29) is 0 Å². The van der Waals surface area contributed by atoms with Crippen LogP contribution in [0.3, 0.4) is 0 Å². The van der Waals surface area contributed by atoms with Crippen LogP contribution in [0.4, 0.5) is 0 Å². The molecule has 0 aliphatic rings. The van der Waals surface area contributed by atoms with E-state index in [1.165, 1.54) is 0 Å². The van der Waals surface area contributed by atoms with Crippen molar-refractivity contribution in [3.05, 3.63) is 41.7 Å². The maximum absolute atomic E-state index is 5.19. The highest BCUT2D eigenvalue weighted by molar-refractivity contribution is 5.39. The fourth-order valence-electron chi connectivity index (χ4n) is 1.76. The van der Waals surface area contributed by atoms with Gasteiger partial charge in [-0.25, -0.2) is 4.68 Å². The van der Waals surface area contributed by atoms with Crippen LogP contribution in [0, 0.1) is 0 Å². The Morgan fingerprint density at radius 3 is 2.94 bits per heavy atom. The van der Waals surface area contributed by atoms with Crippen LogP contribution in [-0.4, -0.2) is 28.6 Å². The molecule has 0 amide bonds. The maximum Gasteiger partial charge on any atom is 0.0969 e. The Morgan fingerprint density at radius 1 is 1.33 bits per heavy atom. The number of hydrogen-bond donors (Lipinski definition) is 1. The molecule has 1 aromatic carbocycles. The molecule has 1 aromatic heterocycles. The minimum absolute atomic E-state index is 0.568. The van der Waals surface area contributed by atoms with E-state index in [9.17, 15) is 0 Å². The molecule has 0 unspecified atom stereocenters. The van der Waals surface area contributed by atoms with Gasteiger partial charge < -0.3 is 10.1 Å². The van der Waals surface area contributed by atoms with Gasteiger partial charge in [-0.05, 0) is 12.6 Å². The van der Waals surface area contributed by atoms with Crippen LogP contribution in [0.5, 0.6) is 0 Å². The predicted octanol–water partition coefficient (Wildman–Crippen LogP) is 1.52. The first kappa shape index (κ1) is 12.7. The van der Waals surface area contributed by atoms with Crippen molar-refractivity contribution >= 4 is 0 Å². The molecule has 5 nitrogen and oxygen atoms in total. The van der Waals surface area contributed by atoms with Crippen molar-refractivity contribution in [2.45, 2.75) is 20.1 Å². The van der Waals surface area contributed by atoms with Crippen LogP contribution in [0.15, 0.2) is 30.5 Å². The van der Waals surface area contributed by atoms with E-state index >= 15 is 0 Å². The van der Waals surface area contributed by atoms with Gasteiger partial charge in [0.05, 0.1) is 24.2 Å². The molecule has 0 aliphatic carbocycles. The number of nitrogens with one attached hydrogen (secondary N) is 1. The van der Waals surface area contributed by atoms with E-state index in [1.54, 1.807) is 11.8 Å². The van der Waals surface area contributed by atoms with Crippen molar-refractivity contribution in [2.24, 2.45) is 0 Å². The molecule has 0 fully saturated rings. The van der Waals surface area contributed by atoms with Crippen LogP contribution in [0.25, 0.3) is 5.69 Å². The summed E-state index contributed by atoms with van der Waals surface area (Å²) in [7, 11) is 1.69. The SMILES string of the molecule is CCNCc1cn(-c2ccccc2COC)nn1. The van der Waals surface area contributed by atoms with Crippen molar-refractivity contribution in [2.75, 3.05) is 13.7 Å². The third kappa shape index (κ3) is 2.94. The lowest BCUT2D eigenvalue weighted by molar-refractivity contribution is 0.184. The van der Waals surface area contributed by atoms with Gasteiger partial charge in [0, 0.05) is 19.2 Å². The van der Waals surface area contributed by atoms with Gasteiger partial charge in [0.2, 0.25) is 0 Å². The second kappa shape index (κ2) is 6.28. The molecular weight excluding hydrogens is 228 g/mol. The summed E-state index contributed by atoms with van der Waals surface area (Å²) >= 11 is 0.